The van der Waals surface area contributed by atoms with Crippen molar-refractivity contribution in [2.75, 3.05) is 0 Å². The van der Waals surface area contributed by atoms with Gasteiger partial charge in [0, 0.05) is 40.5 Å². The molecule has 0 unspecified atom stereocenters. The average Bonchev–Trinajstić information content (AvgIpc) is 3.32. The number of hydrogen-bond donors (Lipinski definition) is 0. The molecule has 0 saturated heterocycles. The predicted octanol–water partition coefficient (Wildman–Crippen LogP) is 4.75. The number of thioether (sulfide) groups is 1. The third-order valence-corrected chi connectivity index (χ3v) is 6.33. The lowest BCUT2D eigenvalue weighted by molar-refractivity contribution is 0.731. The van der Waals surface area contributed by atoms with Gasteiger partial charge in [-0.05, 0) is 31.5 Å². The second-order valence-corrected chi connectivity index (χ2v) is 8.05. The van der Waals surface area contributed by atoms with E-state index in [0.29, 0.717) is 6.54 Å². The third kappa shape index (κ3) is 3.08. The van der Waals surface area contributed by atoms with E-state index >= 15 is 0 Å². The Morgan fingerprint density at radius 2 is 2.15 bits per heavy atom. The van der Waals surface area contributed by atoms with Crippen LogP contribution in [-0.4, -0.2) is 24.1 Å². The maximum atomic E-state index is 4.65. The molecule has 132 valence electrons. The minimum absolute atomic E-state index is 0.685. The Morgan fingerprint density at radius 3 is 2.88 bits per heavy atom. The highest BCUT2D eigenvalue weighted by atomic mass is 32.2. The molecule has 0 aliphatic heterocycles. The molecule has 5 nitrogen and oxygen atoms in total. The Balaban J connectivity index is 1.62. The highest BCUT2D eigenvalue weighted by Gasteiger charge is 2.17. The van der Waals surface area contributed by atoms with Crippen LogP contribution in [-0.2, 0) is 12.3 Å². The average molecular weight is 382 g/mol. The number of allylic oxidation sites excluding steroid dienone is 1. The quantitative estimate of drug-likeness (QED) is 0.357. The molecular weight excluding hydrogens is 362 g/mol. The molecule has 0 spiro atoms. The van der Waals surface area contributed by atoms with Crippen LogP contribution in [0.15, 0.2) is 53.8 Å². The predicted molar refractivity (Wildman–Crippen MR) is 108 cm³/mol. The molecule has 0 atom stereocenters. The SMILES string of the molecule is C=CCn1c(SCc2cn3ccccc3n2)nnc1-c1csc(C)c1C. The molecule has 0 aliphatic rings. The summed E-state index contributed by atoms with van der Waals surface area (Å²) in [6.45, 7) is 8.84. The first-order valence-electron chi connectivity index (χ1n) is 8.32. The van der Waals surface area contributed by atoms with Crippen LogP contribution in [0.25, 0.3) is 17.0 Å². The molecule has 26 heavy (non-hydrogen) atoms. The summed E-state index contributed by atoms with van der Waals surface area (Å²) in [5.74, 6) is 1.66. The number of pyridine rings is 1. The van der Waals surface area contributed by atoms with Crippen molar-refractivity contribution in [1.29, 1.82) is 0 Å². The second-order valence-electron chi connectivity index (χ2n) is 6.02. The molecule has 4 aromatic rings. The summed E-state index contributed by atoms with van der Waals surface area (Å²) in [7, 11) is 0. The van der Waals surface area contributed by atoms with Crippen LogP contribution in [0.1, 0.15) is 16.1 Å². The summed E-state index contributed by atoms with van der Waals surface area (Å²) in [5.41, 5.74) is 4.41. The van der Waals surface area contributed by atoms with Crippen LogP contribution in [0, 0.1) is 13.8 Å². The Kier molecular flexibility index (Phi) is 4.65. The molecule has 0 N–H and O–H groups in total. The van der Waals surface area contributed by atoms with Crippen molar-refractivity contribution in [3.05, 3.63) is 64.8 Å². The van der Waals surface area contributed by atoms with E-state index in [4.69, 9.17) is 0 Å². The van der Waals surface area contributed by atoms with Crippen LogP contribution in [0.5, 0.6) is 0 Å². The summed E-state index contributed by atoms with van der Waals surface area (Å²) in [5, 5.41) is 11.9. The van der Waals surface area contributed by atoms with Gasteiger partial charge in [0.25, 0.3) is 0 Å². The number of nitrogens with zero attached hydrogens (tertiary/aromatic N) is 5. The topological polar surface area (TPSA) is 48.0 Å². The van der Waals surface area contributed by atoms with Gasteiger partial charge in [0.05, 0.1) is 5.69 Å². The number of hydrogen-bond acceptors (Lipinski definition) is 5. The van der Waals surface area contributed by atoms with E-state index in [-0.39, 0.29) is 0 Å². The molecule has 0 aliphatic carbocycles. The van der Waals surface area contributed by atoms with Crippen LogP contribution in [0.2, 0.25) is 0 Å². The van der Waals surface area contributed by atoms with Crippen LogP contribution < -0.4 is 0 Å². The second kappa shape index (κ2) is 7.09. The highest BCUT2D eigenvalue weighted by Crippen LogP contribution is 2.32. The van der Waals surface area contributed by atoms with Crippen molar-refractivity contribution in [3.63, 3.8) is 0 Å². The fourth-order valence-corrected chi connectivity index (χ4v) is 4.51. The molecule has 0 aromatic carbocycles. The standard InChI is InChI=1S/C19H19N5S2/c1-4-8-24-18(16-12-25-14(3)13(16)2)21-22-19(24)26-11-15-10-23-9-6-5-7-17(23)20-15/h4-7,9-10,12H,1,8,11H2,2-3H3. The Hall–Kier alpha value is -2.38. The normalized spacial score (nSPS) is 11.3. The van der Waals surface area contributed by atoms with Crippen molar-refractivity contribution in [1.82, 2.24) is 24.1 Å². The summed E-state index contributed by atoms with van der Waals surface area (Å²) in [6.07, 6.45) is 5.96. The van der Waals surface area contributed by atoms with Crippen molar-refractivity contribution in [2.45, 2.75) is 31.3 Å². The number of thiophene rings is 1. The zero-order valence-electron chi connectivity index (χ0n) is 14.7. The van der Waals surface area contributed by atoms with Gasteiger partial charge in [0.1, 0.15) is 5.65 Å². The Labute approximate surface area is 160 Å². The maximum absolute atomic E-state index is 4.65. The van der Waals surface area contributed by atoms with E-state index in [1.54, 1.807) is 23.1 Å². The van der Waals surface area contributed by atoms with E-state index in [1.165, 1.54) is 10.4 Å². The first-order chi connectivity index (χ1) is 12.7. The molecule has 4 aromatic heterocycles. The van der Waals surface area contributed by atoms with Crippen molar-refractivity contribution < 1.29 is 0 Å². The van der Waals surface area contributed by atoms with Crippen molar-refractivity contribution in [2.24, 2.45) is 0 Å². The number of fused-ring (bicyclic) bond motifs is 1. The van der Waals surface area contributed by atoms with Gasteiger partial charge in [-0.25, -0.2) is 4.98 Å². The smallest absolute Gasteiger partial charge is 0.192 e. The molecule has 0 amide bonds. The van der Waals surface area contributed by atoms with Crippen LogP contribution >= 0.6 is 23.1 Å². The van der Waals surface area contributed by atoms with Gasteiger partial charge in [-0.3, -0.25) is 4.57 Å². The first kappa shape index (κ1) is 17.1. The third-order valence-electron chi connectivity index (χ3n) is 4.32. The van der Waals surface area contributed by atoms with E-state index in [1.807, 2.05) is 34.9 Å². The molecular formula is C19H19N5S2. The summed E-state index contributed by atoms with van der Waals surface area (Å²) in [4.78, 5) is 5.96. The molecule has 0 saturated carbocycles. The lowest BCUT2D eigenvalue weighted by atomic mass is 10.1. The lowest BCUT2D eigenvalue weighted by Crippen LogP contribution is -2.01. The summed E-state index contributed by atoms with van der Waals surface area (Å²) in [6, 6.07) is 6.01. The molecule has 0 fully saturated rings. The lowest BCUT2D eigenvalue weighted by Gasteiger charge is -2.07. The van der Waals surface area contributed by atoms with Gasteiger partial charge >= 0.3 is 0 Å². The van der Waals surface area contributed by atoms with Gasteiger partial charge in [-0.15, -0.1) is 28.1 Å². The van der Waals surface area contributed by atoms with Crippen molar-refractivity contribution >= 4 is 28.7 Å². The zero-order valence-corrected chi connectivity index (χ0v) is 16.3. The summed E-state index contributed by atoms with van der Waals surface area (Å²) >= 11 is 3.40. The Bertz CT molecular complexity index is 1040. The number of aromatic nitrogens is 5. The van der Waals surface area contributed by atoms with Gasteiger partial charge < -0.3 is 4.40 Å². The van der Waals surface area contributed by atoms with Crippen molar-refractivity contribution in [3.8, 4) is 11.4 Å². The fraction of sp³-hybridized carbons (Fsp3) is 0.211. The molecule has 0 radical (unpaired) electrons. The molecule has 4 heterocycles. The highest BCUT2D eigenvalue weighted by molar-refractivity contribution is 7.98. The number of rotatable bonds is 6. The van der Waals surface area contributed by atoms with E-state index < -0.39 is 0 Å². The Morgan fingerprint density at radius 1 is 1.27 bits per heavy atom. The minimum atomic E-state index is 0.685. The summed E-state index contributed by atoms with van der Waals surface area (Å²) < 4.78 is 4.16. The fourth-order valence-electron chi connectivity index (χ4n) is 2.82. The maximum Gasteiger partial charge on any atom is 0.192 e. The van der Waals surface area contributed by atoms with Crippen LogP contribution in [0.4, 0.5) is 0 Å². The number of imidazole rings is 1. The van der Waals surface area contributed by atoms with Gasteiger partial charge in [-0.1, -0.05) is 23.9 Å². The largest absolute Gasteiger partial charge is 0.307 e. The van der Waals surface area contributed by atoms with Gasteiger partial charge in [0.15, 0.2) is 11.0 Å². The molecule has 0 bridgehead atoms. The van der Waals surface area contributed by atoms with E-state index in [2.05, 4.69) is 51.8 Å². The minimum Gasteiger partial charge on any atom is -0.307 e. The molecule has 4 rings (SSSR count). The van der Waals surface area contributed by atoms with Gasteiger partial charge in [0.2, 0.25) is 0 Å². The zero-order chi connectivity index (χ0) is 18.1. The van der Waals surface area contributed by atoms with E-state index in [0.717, 1.165) is 33.6 Å². The van der Waals surface area contributed by atoms with Gasteiger partial charge in [-0.2, -0.15) is 0 Å². The molecule has 7 heteroatoms. The first-order valence-corrected chi connectivity index (χ1v) is 10.2. The monoisotopic (exact) mass is 381 g/mol. The number of aryl methyl sites for hydroxylation is 1. The van der Waals surface area contributed by atoms with E-state index in [9.17, 15) is 0 Å². The van der Waals surface area contributed by atoms with Crippen LogP contribution in [0.3, 0.4) is 0 Å².